The fourth-order valence-corrected chi connectivity index (χ4v) is 7.80. The van der Waals surface area contributed by atoms with Crippen molar-refractivity contribution in [1.29, 1.82) is 0 Å². The molecule has 234 valence electrons. The summed E-state index contributed by atoms with van der Waals surface area (Å²) in [5.74, 6) is -0.777. The fourth-order valence-electron chi connectivity index (χ4n) is 7.80. The van der Waals surface area contributed by atoms with Gasteiger partial charge in [-0.15, -0.1) is 0 Å². The molecule has 0 unspecified atom stereocenters. The van der Waals surface area contributed by atoms with Crippen molar-refractivity contribution in [2.24, 2.45) is 0 Å². The first-order valence-electron chi connectivity index (χ1n) is 16.6. The molecule has 0 fully saturated rings. The summed E-state index contributed by atoms with van der Waals surface area (Å²) in [6, 6.07) is 45.2. The van der Waals surface area contributed by atoms with Crippen LogP contribution in [0.15, 0.2) is 145 Å². The lowest BCUT2D eigenvalue weighted by Gasteiger charge is -2.30. The maximum Gasteiger partial charge on any atom is 0.197 e. The van der Waals surface area contributed by atoms with E-state index in [0.29, 0.717) is 22.2 Å². The highest BCUT2D eigenvalue weighted by atomic mass is 19.1. The summed E-state index contributed by atoms with van der Waals surface area (Å²) in [7, 11) is 0. The minimum atomic E-state index is -0.274. The first kappa shape index (κ1) is 28.4. The van der Waals surface area contributed by atoms with E-state index in [1.165, 1.54) is 0 Å². The molecule has 0 spiro atoms. The minimum Gasteiger partial charge on any atom is -0.306 e. The maximum atomic E-state index is 17.0. The number of rotatable bonds is 2. The number of carbonyl (C=O) groups excluding carboxylic acids is 2. The molecule has 10 rings (SSSR count). The molecule has 1 aliphatic carbocycles. The van der Waals surface area contributed by atoms with E-state index in [4.69, 9.17) is 0 Å². The molecule has 8 aromatic rings. The van der Waals surface area contributed by atoms with Crippen molar-refractivity contribution in [2.75, 3.05) is 4.90 Å². The topological polar surface area (TPSA) is 37.4 Å². The van der Waals surface area contributed by atoms with Crippen LogP contribution in [0.5, 0.6) is 0 Å². The van der Waals surface area contributed by atoms with Crippen molar-refractivity contribution in [3.63, 3.8) is 0 Å². The first-order chi connectivity index (χ1) is 24.5. The smallest absolute Gasteiger partial charge is 0.197 e. The molecule has 0 radical (unpaired) electrons. The van der Waals surface area contributed by atoms with Crippen LogP contribution in [-0.4, -0.2) is 11.6 Å². The van der Waals surface area contributed by atoms with Gasteiger partial charge < -0.3 is 4.90 Å². The predicted molar refractivity (Wildman–Crippen MR) is 203 cm³/mol. The maximum absolute atomic E-state index is 17.0. The third-order valence-electron chi connectivity index (χ3n) is 10.2. The van der Waals surface area contributed by atoms with E-state index in [9.17, 15) is 9.59 Å². The Kier molecular flexibility index (Phi) is 6.06. The van der Waals surface area contributed by atoms with E-state index in [1.54, 1.807) is 6.08 Å². The quantitative estimate of drug-likeness (QED) is 0.107. The van der Waals surface area contributed by atoms with Gasteiger partial charge in [-0.1, -0.05) is 121 Å². The number of fused-ring (bicyclic) bond motifs is 9. The fraction of sp³-hybridized carbons (Fsp3) is 0. The number of nitrogens with zero attached hydrogens (tertiary/aromatic N) is 1. The van der Waals surface area contributed by atoms with Gasteiger partial charge in [0, 0.05) is 27.5 Å². The molecule has 0 saturated heterocycles. The number of anilines is 3. The van der Waals surface area contributed by atoms with Gasteiger partial charge in [-0.2, -0.15) is 0 Å². The van der Waals surface area contributed by atoms with Crippen LogP contribution < -0.4 is 4.90 Å². The van der Waals surface area contributed by atoms with Gasteiger partial charge in [0.15, 0.2) is 17.4 Å². The Morgan fingerprint density at radius 3 is 1.86 bits per heavy atom. The third kappa shape index (κ3) is 4.09. The molecule has 1 heterocycles. The van der Waals surface area contributed by atoms with Gasteiger partial charge in [0.05, 0.1) is 22.6 Å². The number of hydrogen-bond acceptors (Lipinski definition) is 3. The largest absolute Gasteiger partial charge is 0.306 e. The number of carbonyl (C=O) groups is 2. The second kappa shape index (κ2) is 10.7. The van der Waals surface area contributed by atoms with E-state index in [1.807, 2.05) is 127 Å². The second-order valence-corrected chi connectivity index (χ2v) is 12.9. The van der Waals surface area contributed by atoms with E-state index in [0.717, 1.165) is 65.8 Å². The van der Waals surface area contributed by atoms with Crippen LogP contribution in [0.4, 0.5) is 21.5 Å². The standard InChI is InChI=1S/C46H26FNO2/c47-43-36-14-6-4-12-33(36)34-13-5-7-15-37(34)44(43)48-41-16-8-3-9-28(41)18-21-35-32-20-17-27(23-31(32)19-22-42(35)48)24-40-45(49)38-25-29-10-1-2-11-30(29)26-39(38)46(40)50/h1-26H. The zero-order valence-corrected chi connectivity index (χ0v) is 26.7. The number of para-hydroxylation sites is 1. The van der Waals surface area contributed by atoms with Crippen molar-refractivity contribution in [1.82, 2.24) is 0 Å². The third-order valence-corrected chi connectivity index (χ3v) is 10.2. The lowest BCUT2D eigenvalue weighted by atomic mass is 9.96. The number of benzene rings is 8. The average molecular weight is 644 g/mol. The molecule has 4 heteroatoms. The SMILES string of the molecule is O=C1C(=Cc2ccc3c4c(ccc3c2)N(c2c(F)c3ccccc3c3ccccc23)c2ccccc2C=C4)C(=O)c2cc3ccccc3cc21. The summed E-state index contributed by atoms with van der Waals surface area (Å²) in [6.45, 7) is 0. The zero-order valence-electron chi connectivity index (χ0n) is 26.7. The molecule has 0 saturated carbocycles. The van der Waals surface area contributed by atoms with Crippen LogP contribution in [0.1, 0.15) is 37.4 Å². The van der Waals surface area contributed by atoms with E-state index < -0.39 is 0 Å². The monoisotopic (exact) mass is 643 g/mol. The van der Waals surface area contributed by atoms with Crippen molar-refractivity contribution in [2.45, 2.75) is 0 Å². The van der Waals surface area contributed by atoms with E-state index >= 15 is 4.39 Å². The van der Waals surface area contributed by atoms with Gasteiger partial charge in [-0.25, -0.2) is 4.39 Å². The molecule has 0 amide bonds. The molecule has 0 bridgehead atoms. The molecule has 0 N–H and O–H groups in total. The number of ketones is 2. The van der Waals surface area contributed by atoms with Gasteiger partial charge in [-0.05, 0) is 79.9 Å². The number of Topliss-reactive ketones (excluding diaryl/α,β-unsaturated/α-hetero) is 2. The Balaban J connectivity index is 1.15. The Morgan fingerprint density at radius 1 is 0.500 bits per heavy atom. The van der Waals surface area contributed by atoms with Gasteiger partial charge in [0.1, 0.15) is 0 Å². The summed E-state index contributed by atoms with van der Waals surface area (Å²) in [4.78, 5) is 29.0. The highest BCUT2D eigenvalue weighted by Crippen LogP contribution is 2.49. The number of halogens is 1. The molecule has 0 aromatic heterocycles. The lowest BCUT2D eigenvalue weighted by molar-refractivity contribution is 0.0990. The minimum absolute atomic E-state index is 0.171. The molecule has 1 aliphatic heterocycles. The van der Waals surface area contributed by atoms with Crippen molar-refractivity contribution in [3.8, 4) is 0 Å². The van der Waals surface area contributed by atoms with E-state index in [2.05, 4.69) is 29.2 Å². The molecular weight excluding hydrogens is 618 g/mol. The highest BCUT2D eigenvalue weighted by molar-refractivity contribution is 6.42. The van der Waals surface area contributed by atoms with Crippen LogP contribution in [-0.2, 0) is 0 Å². The molecule has 3 nitrogen and oxygen atoms in total. The first-order valence-corrected chi connectivity index (χ1v) is 16.6. The van der Waals surface area contributed by atoms with Crippen molar-refractivity contribution < 1.29 is 14.0 Å². The molecular formula is C46H26FNO2. The Hall–Kier alpha value is -6.65. The van der Waals surface area contributed by atoms with Crippen molar-refractivity contribution in [3.05, 3.63) is 179 Å². The molecule has 8 aromatic carbocycles. The van der Waals surface area contributed by atoms with Gasteiger partial charge in [0.25, 0.3) is 0 Å². The van der Waals surface area contributed by atoms with Crippen LogP contribution >= 0.6 is 0 Å². The van der Waals surface area contributed by atoms with Crippen LogP contribution in [0.25, 0.3) is 61.3 Å². The van der Waals surface area contributed by atoms with Crippen LogP contribution in [0, 0.1) is 5.82 Å². The zero-order chi connectivity index (χ0) is 33.5. The summed E-state index contributed by atoms with van der Waals surface area (Å²) < 4.78 is 17.0. The summed E-state index contributed by atoms with van der Waals surface area (Å²) >= 11 is 0. The average Bonchev–Trinajstić information content (AvgIpc) is 3.28. The summed E-state index contributed by atoms with van der Waals surface area (Å²) in [6.07, 6.45) is 5.89. The van der Waals surface area contributed by atoms with Crippen LogP contribution in [0.3, 0.4) is 0 Å². The predicted octanol–water partition coefficient (Wildman–Crippen LogP) is 11.9. The molecule has 0 atom stereocenters. The number of hydrogen-bond donors (Lipinski definition) is 0. The Morgan fingerprint density at radius 2 is 1.12 bits per heavy atom. The van der Waals surface area contributed by atoms with E-state index in [-0.39, 0.29) is 23.0 Å². The van der Waals surface area contributed by atoms with Crippen molar-refractivity contribution >= 4 is 89.9 Å². The second-order valence-electron chi connectivity index (χ2n) is 12.9. The van der Waals surface area contributed by atoms with Gasteiger partial charge >= 0.3 is 0 Å². The Labute approximate surface area is 286 Å². The van der Waals surface area contributed by atoms with Crippen LogP contribution in [0.2, 0.25) is 0 Å². The number of allylic oxidation sites excluding steroid dienone is 1. The highest BCUT2D eigenvalue weighted by Gasteiger charge is 2.33. The van der Waals surface area contributed by atoms with Gasteiger partial charge in [0.2, 0.25) is 0 Å². The normalized spacial score (nSPS) is 13.6. The summed E-state index contributed by atoms with van der Waals surface area (Å²) in [5.41, 5.74) is 5.99. The van der Waals surface area contributed by atoms with Gasteiger partial charge in [-0.3, -0.25) is 9.59 Å². The lowest BCUT2D eigenvalue weighted by Crippen LogP contribution is -2.14. The Bertz CT molecular complexity index is 2820. The summed E-state index contributed by atoms with van der Waals surface area (Å²) in [5, 5.41) is 7.04. The molecule has 2 aliphatic rings. The molecule has 50 heavy (non-hydrogen) atoms.